The van der Waals surface area contributed by atoms with Crippen molar-refractivity contribution in [3.63, 3.8) is 0 Å². The highest BCUT2D eigenvalue weighted by molar-refractivity contribution is 6.05. The van der Waals surface area contributed by atoms with Gasteiger partial charge in [0.25, 0.3) is 5.91 Å². The Bertz CT molecular complexity index is 729. The molecule has 21 heavy (non-hydrogen) atoms. The number of aryl methyl sites for hydroxylation is 1. The summed E-state index contributed by atoms with van der Waals surface area (Å²) in [5.41, 5.74) is 0.663. The fourth-order valence-corrected chi connectivity index (χ4v) is 1.80. The number of carbonyl (C=O) groups excluding carboxylic acids is 1. The lowest BCUT2D eigenvalue weighted by Gasteiger charge is -2.09. The standard InChI is InChI=1S/C15H11F2NO3/c1-8-6-9(15(20)21)2-5-13(8)18-14(19)11-4-3-10(16)7-12(11)17/h2-7H,1H3,(H,18,19)(H,20,21). The van der Waals surface area contributed by atoms with Crippen molar-refractivity contribution in [3.05, 3.63) is 64.7 Å². The van der Waals surface area contributed by atoms with Gasteiger partial charge < -0.3 is 10.4 Å². The summed E-state index contributed by atoms with van der Waals surface area (Å²) in [7, 11) is 0. The zero-order valence-corrected chi connectivity index (χ0v) is 11.0. The number of halogens is 2. The molecule has 0 saturated carbocycles. The lowest BCUT2D eigenvalue weighted by molar-refractivity contribution is 0.0696. The molecule has 0 bridgehead atoms. The summed E-state index contributed by atoms with van der Waals surface area (Å²) >= 11 is 0. The quantitative estimate of drug-likeness (QED) is 0.912. The van der Waals surface area contributed by atoms with Crippen molar-refractivity contribution in [1.29, 1.82) is 0 Å². The Labute approximate surface area is 119 Å². The third kappa shape index (κ3) is 3.22. The number of rotatable bonds is 3. The van der Waals surface area contributed by atoms with Gasteiger partial charge in [-0.1, -0.05) is 0 Å². The zero-order chi connectivity index (χ0) is 15.6. The van der Waals surface area contributed by atoms with Crippen LogP contribution in [0.25, 0.3) is 0 Å². The maximum absolute atomic E-state index is 13.5. The molecule has 0 radical (unpaired) electrons. The van der Waals surface area contributed by atoms with Gasteiger partial charge in [0.15, 0.2) is 0 Å². The molecule has 0 aliphatic rings. The van der Waals surface area contributed by atoms with Gasteiger partial charge in [-0.05, 0) is 42.8 Å². The van der Waals surface area contributed by atoms with E-state index < -0.39 is 23.5 Å². The minimum absolute atomic E-state index is 0.0819. The molecule has 0 aliphatic heterocycles. The number of nitrogens with one attached hydrogen (secondary N) is 1. The molecule has 1 amide bonds. The van der Waals surface area contributed by atoms with E-state index in [1.807, 2.05) is 0 Å². The van der Waals surface area contributed by atoms with E-state index in [1.165, 1.54) is 18.2 Å². The van der Waals surface area contributed by atoms with Gasteiger partial charge in [-0.2, -0.15) is 0 Å². The number of carboxylic acid groups (broad SMARTS) is 1. The highest BCUT2D eigenvalue weighted by Gasteiger charge is 2.14. The predicted molar refractivity (Wildman–Crippen MR) is 72.4 cm³/mol. The minimum Gasteiger partial charge on any atom is -0.478 e. The first kappa shape index (κ1) is 14.6. The molecule has 0 fully saturated rings. The van der Waals surface area contributed by atoms with Crippen molar-refractivity contribution < 1.29 is 23.5 Å². The topological polar surface area (TPSA) is 66.4 Å². The van der Waals surface area contributed by atoms with Crippen LogP contribution < -0.4 is 5.32 Å². The average Bonchev–Trinajstić information content (AvgIpc) is 2.40. The number of carbonyl (C=O) groups is 2. The molecule has 0 unspecified atom stereocenters. The van der Waals surface area contributed by atoms with E-state index in [-0.39, 0.29) is 11.1 Å². The molecule has 2 aromatic carbocycles. The van der Waals surface area contributed by atoms with Gasteiger partial charge in [-0.15, -0.1) is 0 Å². The van der Waals surface area contributed by atoms with E-state index in [0.29, 0.717) is 17.3 Å². The Kier molecular flexibility index (Phi) is 3.98. The van der Waals surface area contributed by atoms with Crippen LogP contribution in [0.2, 0.25) is 0 Å². The highest BCUT2D eigenvalue weighted by atomic mass is 19.1. The first-order chi connectivity index (χ1) is 9.88. The second-order valence-electron chi connectivity index (χ2n) is 4.41. The molecular weight excluding hydrogens is 280 g/mol. The van der Waals surface area contributed by atoms with Crippen molar-refractivity contribution in [2.75, 3.05) is 5.32 Å². The molecule has 0 atom stereocenters. The molecule has 2 rings (SSSR count). The molecule has 6 heteroatoms. The summed E-state index contributed by atoms with van der Waals surface area (Å²) in [6.45, 7) is 1.61. The van der Waals surface area contributed by atoms with Crippen LogP contribution in [-0.4, -0.2) is 17.0 Å². The number of carboxylic acids is 1. The summed E-state index contributed by atoms with van der Waals surface area (Å²) in [5.74, 6) is -3.56. The summed E-state index contributed by atoms with van der Waals surface area (Å²) in [6.07, 6.45) is 0. The third-order valence-electron chi connectivity index (χ3n) is 2.90. The summed E-state index contributed by atoms with van der Waals surface area (Å²) in [4.78, 5) is 22.7. The van der Waals surface area contributed by atoms with Crippen LogP contribution in [-0.2, 0) is 0 Å². The molecule has 0 saturated heterocycles. The Morgan fingerprint density at radius 1 is 1.10 bits per heavy atom. The number of aromatic carboxylic acids is 1. The van der Waals surface area contributed by atoms with Crippen molar-refractivity contribution in [3.8, 4) is 0 Å². The van der Waals surface area contributed by atoms with Gasteiger partial charge in [-0.25, -0.2) is 13.6 Å². The van der Waals surface area contributed by atoms with Crippen LogP contribution in [0.4, 0.5) is 14.5 Å². The Balaban J connectivity index is 2.25. The number of amides is 1. The Morgan fingerprint density at radius 2 is 1.81 bits per heavy atom. The summed E-state index contributed by atoms with van der Waals surface area (Å²) in [5, 5.41) is 11.3. The smallest absolute Gasteiger partial charge is 0.335 e. The van der Waals surface area contributed by atoms with Gasteiger partial charge in [0.1, 0.15) is 11.6 Å². The van der Waals surface area contributed by atoms with E-state index in [9.17, 15) is 18.4 Å². The number of anilines is 1. The van der Waals surface area contributed by atoms with Gasteiger partial charge in [0.2, 0.25) is 0 Å². The Hall–Kier alpha value is -2.76. The molecule has 2 aromatic rings. The van der Waals surface area contributed by atoms with Crippen molar-refractivity contribution in [1.82, 2.24) is 0 Å². The molecule has 0 heterocycles. The van der Waals surface area contributed by atoms with Crippen molar-refractivity contribution in [2.45, 2.75) is 6.92 Å². The third-order valence-corrected chi connectivity index (χ3v) is 2.90. The zero-order valence-electron chi connectivity index (χ0n) is 11.0. The maximum Gasteiger partial charge on any atom is 0.335 e. The molecule has 2 N–H and O–H groups in total. The van der Waals surface area contributed by atoms with Crippen LogP contribution in [0.15, 0.2) is 36.4 Å². The van der Waals surface area contributed by atoms with Crippen LogP contribution in [0.5, 0.6) is 0 Å². The van der Waals surface area contributed by atoms with Gasteiger partial charge >= 0.3 is 5.97 Å². The Morgan fingerprint density at radius 3 is 2.38 bits per heavy atom. The molecule has 0 aliphatic carbocycles. The molecular formula is C15H11F2NO3. The number of hydrogen-bond donors (Lipinski definition) is 2. The SMILES string of the molecule is Cc1cc(C(=O)O)ccc1NC(=O)c1ccc(F)cc1F. The second kappa shape index (κ2) is 5.70. The predicted octanol–water partition coefficient (Wildman–Crippen LogP) is 3.22. The van der Waals surface area contributed by atoms with E-state index >= 15 is 0 Å². The summed E-state index contributed by atoms with van der Waals surface area (Å²) < 4.78 is 26.3. The molecule has 4 nitrogen and oxygen atoms in total. The molecule has 0 spiro atoms. The first-order valence-electron chi connectivity index (χ1n) is 5.99. The lowest BCUT2D eigenvalue weighted by Crippen LogP contribution is -2.15. The first-order valence-corrected chi connectivity index (χ1v) is 5.99. The average molecular weight is 291 g/mol. The maximum atomic E-state index is 13.5. The second-order valence-corrected chi connectivity index (χ2v) is 4.41. The van der Waals surface area contributed by atoms with Gasteiger partial charge in [0.05, 0.1) is 11.1 Å². The normalized spacial score (nSPS) is 10.2. The number of benzene rings is 2. The fourth-order valence-electron chi connectivity index (χ4n) is 1.80. The monoisotopic (exact) mass is 291 g/mol. The lowest BCUT2D eigenvalue weighted by atomic mass is 10.1. The van der Waals surface area contributed by atoms with E-state index in [1.54, 1.807) is 6.92 Å². The van der Waals surface area contributed by atoms with Gasteiger partial charge in [0, 0.05) is 11.8 Å². The van der Waals surface area contributed by atoms with Gasteiger partial charge in [-0.3, -0.25) is 4.79 Å². The summed E-state index contributed by atoms with van der Waals surface area (Å²) in [6, 6.07) is 6.78. The largest absolute Gasteiger partial charge is 0.478 e. The highest BCUT2D eigenvalue weighted by Crippen LogP contribution is 2.18. The van der Waals surface area contributed by atoms with Crippen LogP contribution in [0.3, 0.4) is 0 Å². The molecule has 0 aromatic heterocycles. The van der Waals surface area contributed by atoms with Crippen LogP contribution in [0, 0.1) is 18.6 Å². The minimum atomic E-state index is -1.08. The van der Waals surface area contributed by atoms with E-state index in [2.05, 4.69) is 5.32 Å². The van der Waals surface area contributed by atoms with E-state index in [4.69, 9.17) is 5.11 Å². The van der Waals surface area contributed by atoms with Crippen LogP contribution in [0.1, 0.15) is 26.3 Å². The van der Waals surface area contributed by atoms with Crippen LogP contribution >= 0.6 is 0 Å². The van der Waals surface area contributed by atoms with Crippen molar-refractivity contribution in [2.24, 2.45) is 0 Å². The van der Waals surface area contributed by atoms with E-state index in [0.717, 1.165) is 12.1 Å². The molecule has 108 valence electrons. The fraction of sp³-hybridized carbons (Fsp3) is 0.0667. The number of hydrogen-bond acceptors (Lipinski definition) is 2. The van der Waals surface area contributed by atoms with Crippen molar-refractivity contribution >= 4 is 17.6 Å².